The first-order valence-electron chi connectivity index (χ1n) is 6.57. The highest BCUT2D eigenvalue weighted by Crippen LogP contribution is 2.23. The second-order valence-corrected chi connectivity index (χ2v) is 5.34. The number of aromatic carboxylic acids is 1. The maximum absolute atomic E-state index is 11.0. The number of aromatic amines is 1. The number of H-pyrrole nitrogens is 1. The molecule has 4 nitrogen and oxygen atoms in total. The number of halogens is 1. The number of fused-ring (bicyclic) bond motifs is 1. The fourth-order valence-electron chi connectivity index (χ4n) is 2.43. The highest BCUT2D eigenvalue weighted by molar-refractivity contribution is 6.31. The molecule has 0 atom stereocenters. The zero-order chi connectivity index (χ0) is 14.8. The molecule has 0 aliphatic rings. The highest BCUT2D eigenvalue weighted by Gasteiger charge is 2.07. The Labute approximate surface area is 126 Å². The van der Waals surface area contributed by atoms with Crippen LogP contribution in [0.25, 0.3) is 10.9 Å². The van der Waals surface area contributed by atoms with Gasteiger partial charge in [0.15, 0.2) is 0 Å². The molecule has 0 fully saturated rings. The molecule has 0 aliphatic heterocycles. The second-order valence-electron chi connectivity index (χ2n) is 4.90. The van der Waals surface area contributed by atoms with Gasteiger partial charge in [0.2, 0.25) is 0 Å². The lowest BCUT2D eigenvalue weighted by Crippen LogP contribution is -1.98. The predicted molar refractivity (Wildman–Crippen MR) is 81.9 cm³/mol. The Morgan fingerprint density at radius 2 is 2.10 bits per heavy atom. The van der Waals surface area contributed by atoms with Gasteiger partial charge in [-0.05, 0) is 48.2 Å². The van der Waals surface area contributed by atoms with Gasteiger partial charge in [-0.2, -0.15) is 5.10 Å². The zero-order valence-electron chi connectivity index (χ0n) is 11.1. The molecule has 0 saturated heterocycles. The molecule has 5 heteroatoms. The van der Waals surface area contributed by atoms with Gasteiger partial charge in [-0.15, -0.1) is 0 Å². The first kappa shape index (κ1) is 13.6. The van der Waals surface area contributed by atoms with Gasteiger partial charge in [0, 0.05) is 10.4 Å². The molecular formula is C16H13ClN2O2. The third-order valence-electron chi connectivity index (χ3n) is 3.47. The van der Waals surface area contributed by atoms with E-state index in [0.717, 1.165) is 34.9 Å². The molecule has 2 N–H and O–H groups in total. The van der Waals surface area contributed by atoms with Gasteiger partial charge in [-0.25, -0.2) is 4.79 Å². The minimum Gasteiger partial charge on any atom is -0.478 e. The molecule has 1 aromatic heterocycles. The quantitative estimate of drug-likeness (QED) is 0.772. The van der Waals surface area contributed by atoms with Gasteiger partial charge in [0.25, 0.3) is 0 Å². The predicted octanol–water partition coefficient (Wildman–Crippen LogP) is 3.70. The number of benzene rings is 2. The summed E-state index contributed by atoms with van der Waals surface area (Å²) >= 11 is 6.10. The first-order chi connectivity index (χ1) is 10.1. The minimum atomic E-state index is -0.906. The van der Waals surface area contributed by atoms with Crippen molar-refractivity contribution in [2.75, 3.05) is 0 Å². The summed E-state index contributed by atoms with van der Waals surface area (Å²) in [5.74, 6) is -0.906. The largest absolute Gasteiger partial charge is 0.478 e. The highest BCUT2D eigenvalue weighted by atomic mass is 35.5. The molecule has 0 spiro atoms. The number of aryl methyl sites for hydroxylation is 2. The number of hydrogen-bond acceptors (Lipinski definition) is 2. The van der Waals surface area contributed by atoms with Crippen molar-refractivity contribution >= 4 is 28.5 Å². The van der Waals surface area contributed by atoms with E-state index in [1.807, 2.05) is 18.2 Å². The summed E-state index contributed by atoms with van der Waals surface area (Å²) in [6, 6.07) is 10.8. The van der Waals surface area contributed by atoms with Crippen LogP contribution in [0.5, 0.6) is 0 Å². The van der Waals surface area contributed by atoms with Crippen LogP contribution in [0.15, 0.2) is 42.6 Å². The molecule has 0 unspecified atom stereocenters. The van der Waals surface area contributed by atoms with Crippen molar-refractivity contribution in [3.05, 3.63) is 64.3 Å². The van der Waals surface area contributed by atoms with E-state index < -0.39 is 5.97 Å². The van der Waals surface area contributed by atoms with Gasteiger partial charge in [0.1, 0.15) is 0 Å². The number of aromatic nitrogens is 2. The molecule has 0 saturated carbocycles. The SMILES string of the molecule is O=C(O)c1cccc(CCc2cc(Cl)cc3[nH]ncc23)c1. The molecule has 2 aromatic carbocycles. The fraction of sp³-hybridized carbons (Fsp3) is 0.125. The van der Waals surface area contributed by atoms with E-state index in [4.69, 9.17) is 16.7 Å². The molecule has 1 heterocycles. The van der Waals surface area contributed by atoms with Crippen LogP contribution in [0, 0.1) is 0 Å². The van der Waals surface area contributed by atoms with E-state index in [0.29, 0.717) is 10.6 Å². The number of hydrogen-bond donors (Lipinski definition) is 2. The Morgan fingerprint density at radius 3 is 2.90 bits per heavy atom. The molecule has 3 aromatic rings. The summed E-state index contributed by atoms with van der Waals surface area (Å²) in [4.78, 5) is 11.0. The van der Waals surface area contributed by atoms with Crippen LogP contribution in [-0.2, 0) is 12.8 Å². The summed E-state index contributed by atoms with van der Waals surface area (Å²) in [7, 11) is 0. The number of carboxylic acid groups (broad SMARTS) is 1. The van der Waals surface area contributed by atoms with Crippen LogP contribution < -0.4 is 0 Å². The average Bonchev–Trinajstić information content (AvgIpc) is 2.93. The van der Waals surface area contributed by atoms with Gasteiger partial charge < -0.3 is 5.11 Å². The standard InChI is InChI=1S/C16H13ClN2O2/c17-13-7-11(14-9-18-19-15(14)8-13)5-4-10-2-1-3-12(6-10)16(20)21/h1-3,6-9H,4-5H2,(H,18,19)(H,20,21). The fourth-order valence-corrected chi connectivity index (χ4v) is 2.67. The Morgan fingerprint density at radius 1 is 1.24 bits per heavy atom. The van der Waals surface area contributed by atoms with E-state index in [9.17, 15) is 4.79 Å². The molecular weight excluding hydrogens is 288 g/mol. The number of rotatable bonds is 4. The van der Waals surface area contributed by atoms with E-state index in [1.165, 1.54) is 0 Å². The molecule has 0 amide bonds. The van der Waals surface area contributed by atoms with E-state index in [-0.39, 0.29) is 0 Å². The van der Waals surface area contributed by atoms with Crippen LogP contribution in [0.2, 0.25) is 5.02 Å². The molecule has 0 radical (unpaired) electrons. The Kier molecular flexibility index (Phi) is 3.62. The number of nitrogens with zero attached hydrogens (tertiary/aromatic N) is 1. The summed E-state index contributed by atoms with van der Waals surface area (Å²) in [5.41, 5.74) is 3.32. The van der Waals surface area contributed by atoms with E-state index in [2.05, 4.69) is 10.2 Å². The van der Waals surface area contributed by atoms with Crippen molar-refractivity contribution in [3.63, 3.8) is 0 Å². The second kappa shape index (κ2) is 5.58. The van der Waals surface area contributed by atoms with Crippen LogP contribution in [0.1, 0.15) is 21.5 Å². The van der Waals surface area contributed by atoms with Crippen LogP contribution >= 0.6 is 11.6 Å². The van der Waals surface area contributed by atoms with Crippen LogP contribution in [-0.4, -0.2) is 21.3 Å². The zero-order valence-corrected chi connectivity index (χ0v) is 11.9. The summed E-state index contributed by atoms with van der Waals surface area (Å²) in [5, 5.41) is 17.7. The molecule has 21 heavy (non-hydrogen) atoms. The van der Waals surface area contributed by atoms with Gasteiger partial charge in [-0.3, -0.25) is 5.10 Å². The monoisotopic (exact) mass is 300 g/mol. The summed E-state index contributed by atoms with van der Waals surface area (Å²) < 4.78 is 0. The van der Waals surface area contributed by atoms with Gasteiger partial charge in [-0.1, -0.05) is 23.7 Å². The molecule has 3 rings (SSSR count). The lowest BCUT2D eigenvalue weighted by Gasteiger charge is -2.05. The summed E-state index contributed by atoms with van der Waals surface area (Å²) in [6.45, 7) is 0. The average molecular weight is 301 g/mol. The van der Waals surface area contributed by atoms with Crippen LogP contribution in [0.4, 0.5) is 0 Å². The maximum atomic E-state index is 11.0. The van der Waals surface area contributed by atoms with Crippen LogP contribution in [0.3, 0.4) is 0 Å². The molecule has 0 bridgehead atoms. The Bertz CT molecular complexity index is 811. The van der Waals surface area contributed by atoms with Crippen molar-refractivity contribution in [1.29, 1.82) is 0 Å². The maximum Gasteiger partial charge on any atom is 0.335 e. The lowest BCUT2D eigenvalue weighted by atomic mass is 10.0. The normalized spacial score (nSPS) is 10.9. The summed E-state index contributed by atoms with van der Waals surface area (Å²) in [6.07, 6.45) is 3.32. The van der Waals surface area contributed by atoms with Crippen molar-refractivity contribution in [2.45, 2.75) is 12.8 Å². The first-order valence-corrected chi connectivity index (χ1v) is 6.95. The van der Waals surface area contributed by atoms with Gasteiger partial charge >= 0.3 is 5.97 Å². The molecule has 0 aliphatic carbocycles. The van der Waals surface area contributed by atoms with Crippen molar-refractivity contribution in [1.82, 2.24) is 10.2 Å². The van der Waals surface area contributed by atoms with Crippen molar-refractivity contribution < 1.29 is 9.90 Å². The van der Waals surface area contributed by atoms with Gasteiger partial charge in [0.05, 0.1) is 17.3 Å². The van der Waals surface area contributed by atoms with E-state index in [1.54, 1.807) is 24.4 Å². The smallest absolute Gasteiger partial charge is 0.335 e. The number of nitrogens with one attached hydrogen (secondary N) is 1. The lowest BCUT2D eigenvalue weighted by molar-refractivity contribution is 0.0697. The van der Waals surface area contributed by atoms with E-state index >= 15 is 0 Å². The third kappa shape index (κ3) is 2.90. The topological polar surface area (TPSA) is 66.0 Å². The Hall–Kier alpha value is -2.33. The van der Waals surface area contributed by atoms with Crippen molar-refractivity contribution in [2.24, 2.45) is 0 Å². The Balaban J connectivity index is 1.85. The van der Waals surface area contributed by atoms with Crippen molar-refractivity contribution in [3.8, 4) is 0 Å². The number of carboxylic acids is 1. The molecule has 106 valence electrons. The minimum absolute atomic E-state index is 0.312. The number of carbonyl (C=O) groups is 1. The third-order valence-corrected chi connectivity index (χ3v) is 3.68.